The van der Waals surface area contributed by atoms with Gasteiger partial charge in [0.1, 0.15) is 0 Å². The van der Waals surface area contributed by atoms with Gasteiger partial charge in [-0.1, -0.05) is 0 Å². The molecule has 0 aliphatic carbocycles. The minimum atomic E-state index is -0.620. The summed E-state index contributed by atoms with van der Waals surface area (Å²) >= 11 is 0. The van der Waals surface area contributed by atoms with Crippen LogP contribution in [0.5, 0.6) is 17.5 Å². The highest BCUT2D eigenvalue weighted by Crippen LogP contribution is 2.29. The second kappa shape index (κ2) is 1.29. The molecule has 1 aromatic heterocycles. The van der Waals surface area contributed by atoms with Crippen LogP contribution in [0.2, 0.25) is 0 Å². The Balaban J connectivity index is 3.19. The van der Waals surface area contributed by atoms with E-state index in [1.165, 1.54) is 0 Å². The SMILES string of the molecule is Oc1n[nH]c(O)c1O. The number of nitrogens with zero attached hydrogens (tertiary/aromatic N) is 1. The van der Waals surface area contributed by atoms with Gasteiger partial charge in [-0.3, -0.25) is 0 Å². The standard InChI is InChI=1S/C3H4N2O3/c6-1-2(7)4-5-3(1)8/h6H,(H3,4,5,7,8). The maximum absolute atomic E-state index is 8.45. The van der Waals surface area contributed by atoms with Gasteiger partial charge in [-0.05, 0) is 0 Å². The van der Waals surface area contributed by atoms with Crippen molar-refractivity contribution in [3.05, 3.63) is 0 Å². The molecule has 0 atom stereocenters. The van der Waals surface area contributed by atoms with E-state index in [0.29, 0.717) is 0 Å². The van der Waals surface area contributed by atoms with E-state index >= 15 is 0 Å². The summed E-state index contributed by atoms with van der Waals surface area (Å²) in [5.41, 5.74) is 0. The quantitative estimate of drug-likeness (QED) is 0.368. The fraction of sp³-hybridized carbons (Fsp3) is 0. The molecule has 0 unspecified atom stereocenters. The maximum Gasteiger partial charge on any atom is 0.277 e. The van der Waals surface area contributed by atoms with Gasteiger partial charge in [0, 0.05) is 0 Å². The molecule has 0 aliphatic heterocycles. The van der Waals surface area contributed by atoms with Crippen LogP contribution in [0.25, 0.3) is 0 Å². The number of rotatable bonds is 0. The van der Waals surface area contributed by atoms with Crippen LogP contribution in [0.1, 0.15) is 0 Å². The first kappa shape index (κ1) is 4.76. The second-order valence-corrected chi connectivity index (χ2v) is 1.24. The molecule has 1 aromatic rings. The number of H-pyrrole nitrogens is 1. The second-order valence-electron chi connectivity index (χ2n) is 1.24. The molecule has 8 heavy (non-hydrogen) atoms. The van der Waals surface area contributed by atoms with Crippen molar-refractivity contribution in [1.82, 2.24) is 10.2 Å². The Bertz CT molecular complexity index is 175. The molecular weight excluding hydrogens is 112 g/mol. The van der Waals surface area contributed by atoms with Gasteiger partial charge in [0.2, 0.25) is 5.75 Å². The minimum Gasteiger partial charge on any atom is -0.499 e. The first-order chi connectivity index (χ1) is 3.72. The average molecular weight is 116 g/mol. The summed E-state index contributed by atoms with van der Waals surface area (Å²) in [6, 6.07) is 0. The molecule has 4 N–H and O–H groups in total. The summed E-state index contributed by atoms with van der Waals surface area (Å²) in [4.78, 5) is 0. The fourth-order valence-corrected chi connectivity index (χ4v) is 0.318. The van der Waals surface area contributed by atoms with Crippen LogP contribution in [0.4, 0.5) is 0 Å². The summed E-state index contributed by atoms with van der Waals surface area (Å²) < 4.78 is 0. The van der Waals surface area contributed by atoms with Gasteiger partial charge < -0.3 is 15.3 Å². The Morgan fingerprint density at radius 2 is 1.88 bits per heavy atom. The van der Waals surface area contributed by atoms with Crippen LogP contribution in [0.15, 0.2) is 0 Å². The molecule has 1 rings (SSSR count). The molecular formula is C3H4N2O3. The lowest BCUT2D eigenvalue weighted by Gasteiger charge is -1.81. The highest BCUT2D eigenvalue weighted by Gasteiger charge is 2.06. The summed E-state index contributed by atoms with van der Waals surface area (Å²) in [5.74, 6) is -1.74. The minimum absolute atomic E-state index is 0.525. The molecule has 5 nitrogen and oxygen atoms in total. The van der Waals surface area contributed by atoms with E-state index < -0.39 is 17.5 Å². The molecule has 0 saturated heterocycles. The Hall–Kier alpha value is -1.39. The zero-order valence-electron chi connectivity index (χ0n) is 3.79. The highest BCUT2D eigenvalue weighted by molar-refractivity contribution is 5.38. The molecule has 0 fully saturated rings. The average Bonchev–Trinajstić information content (AvgIpc) is 1.98. The topological polar surface area (TPSA) is 89.4 Å². The van der Waals surface area contributed by atoms with Gasteiger partial charge in [-0.25, -0.2) is 5.10 Å². The third kappa shape index (κ3) is 0.446. The first-order valence-electron chi connectivity index (χ1n) is 1.87. The summed E-state index contributed by atoms with van der Waals surface area (Å²) in [7, 11) is 0. The lowest BCUT2D eigenvalue weighted by atomic mass is 10.6. The predicted octanol–water partition coefficient (Wildman–Crippen LogP) is -0.474. The smallest absolute Gasteiger partial charge is 0.277 e. The van der Waals surface area contributed by atoms with E-state index in [2.05, 4.69) is 5.10 Å². The normalized spacial score (nSPS) is 9.50. The van der Waals surface area contributed by atoms with E-state index in [9.17, 15) is 0 Å². The fourth-order valence-electron chi connectivity index (χ4n) is 0.318. The van der Waals surface area contributed by atoms with Crippen molar-refractivity contribution in [2.45, 2.75) is 0 Å². The number of nitrogens with one attached hydrogen (secondary N) is 1. The molecule has 0 bridgehead atoms. The Morgan fingerprint density at radius 3 is 2.00 bits per heavy atom. The van der Waals surface area contributed by atoms with Crippen LogP contribution in [-0.4, -0.2) is 25.5 Å². The largest absolute Gasteiger partial charge is 0.499 e. The highest BCUT2D eigenvalue weighted by atomic mass is 16.3. The molecule has 0 aliphatic rings. The number of hydrogen-bond acceptors (Lipinski definition) is 4. The predicted molar refractivity (Wildman–Crippen MR) is 23.6 cm³/mol. The molecule has 44 valence electrons. The number of hydrogen-bond donors (Lipinski definition) is 4. The van der Waals surface area contributed by atoms with Gasteiger partial charge in [0.05, 0.1) is 0 Å². The van der Waals surface area contributed by atoms with Gasteiger partial charge in [0.25, 0.3) is 11.8 Å². The van der Waals surface area contributed by atoms with Gasteiger partial charge in [0.15, 0.2) is 0 Å². The Kier molecular flexibility index (Phi) is 0.768. The number of aromatic hydroxyl groups is 3. The van der Waals surface area contributed by atoms with Gasteiger partial charge in [-0.2, -0.15) is 0 Å². The molecule has 0 amide bonds. The molecule has 0 radical (unpaired) electrons. The van der Waals surface area contributed by atoms with E-state index in [1.807, 2.05) is 5.10 Å². The van der Waals surface area contributed by atoms with Crippen LogP contribution in [0, 0.1) is 0 Å². The Labute approximate surface area is 44.2 Å². The van der Waals surface area contributed by atoms with Gasteiger partial charge >= 0.3 is 0 Å². The number of aromatic nitrogens is 2. The number of aromatic amines is 1. The lowest BCUT2D eigenvalue weighted by molar-refractivity contribution is 0.369. The summed E-state index contributed by atoms with van der Waals surface area (Å²) in [5, 5.41) is 30.2. The van der Waals surface area contributed by atoms with Crippen molar-refractivity contribution < 1.29 is 15.3 Å². The monoisotopic (exact) mass is 116 g/mol. The molecule has 0 spiro atoms. The zero-order chi connectivity index (χ0) is 6.15. The van der Waals surface area contributed by atoms with E-state index in [0.717, 1.165) is 0 Å². The van der Waals surface area contributed by atoms with E-state index in [-0.39, 0.29) is 0 Å². The third-order valence-corrected chi connectivity index (χ3v) is 0.704. The molecule has 0 saturated carbocycles. The Morgan fingerprint density at radius 1 is 1.25 bits per heavy atom. The van der Waals surface area contributed by atoms with Crippen LogP contribution in [0.3, 0.4) is 0 Å². The van der Waals surface area contributed by atoms with Crippen LogP contribution < -0.4 is 0 Å². The zero-order valence-corrected chi connectivity index (χ0v) is 3.79. The van der Waals surface area contributed by atoms with Crippen LogP contribution >= 0.6 is 0 Å². The summed E-state index contributed by atoms with van der Waals surface area (Å²) in [6.07, 6.45) is 0. The van der Waals surface area contributed by atoms with Crippen molar-refractivity contribution in [1.29, 1.82) is 0 Å². The summed E-state index contributed by atoms with van der Waals surface area (Å²) in [6.45, 7) is 0. The van der Waals surface area contributed by atoms with E-state index in [4.69, 9.17) is 15.3 Å². The van der Waals surface area contributed by atoms with Crippen molar-refractivity contribution in [3.8, 4) is 17.5 Å². The third-order valence-electron chi connectivity index (χ3n) is 0.704. The van der Waals surface area contributed by atoms with Crippen molar-refractivity contribution in [2.24, 2.45) is 0 Å². The van der Waals surface area contributed by atoms with Crippen molar-refractivity contribution >= 4 is 0 Å². The van der Waals surface area contributed by atoms with E-state index in [1.54, 1.807) is 0 Å². The van der Waals surface area contributed by atoms with Crippen LogP contribution in [-0.2, 0) is 0 Å². The first-order valence-corrected chi connectivity index (χ1v) is 1.87. The lowest BCUT2D eigenvalue weighted by Crippen LogP contribution is -1.61. The molecule has 5 heteroatoms. The molecule has 0 aromatic carbocycles. The van der Waals surface area contributed by atoms with Gasteiger partial charge in [-0.15, -0.1) is 5.10 Å². The van der Waals surface area contributed by atoms with Crippen molar-refractivity contribution in [2.75, 3.05) is 0 Å². The van der Waals surface area contributed by atoms with Crippen molar-refractivity contribution in [3.63, 3.8) is 0 Å². The molecule has 1 heterocycles. The maximum atomic E-state index is 8.45.